The molecular formula is C22H19FN2OS. The maximum atomic E-state index is 13.3. The molecule has 3 nitrogen and oxygen atoms in total. The second kappa shape index (κ2) is 6.74. The predicted octanol–water partition coefficient (Wildman–Crippen LogP) is 5.86. The fraction of sp³-hybridized carbons (Fsp3) is 0.182. The molecule has 2 heterocycles. The van der Waals surface area contributed by atoms with Crippen LogP contribution in [0.4, 0.5) is 4.39 Å². The molecule has 0 aliphatic carbocycles. The van der Waals surface area contributed by atoms with Gasteiger partial charge in [-0.3, -0.25) is 9.20 Å². The van der Waals surface area contributed by atoms with E-state index in [2.05, 4.69) is 39.0 Å². The normalized spacial score (nSPS) is 11.3. The van der Waals surface area contributed by atoms with Gasteiger partial charge in [0.15, 0.2) is 11.2 Å². The van der Waals surface area contributed by atoms with Crippen molar-refractivity contribution in [2.24, 2.45) is 0 Å². The Balaban J connectivity index is 2.01. The van der Waals surface area contributed by atoms with E-state index >= 15 is 0 Å². The average Bonchev–Trinajstić information content (AvgIpc) is 3.20. The van der Waals surface area contributed by atoms with Gasteiger partial charge in [0.1, 0.15) is 17.2 Å². The molecule has 2 aromatic carbocycles. The second-order valence-corrected chi connectivity index (χ2v) is 7.68. The number of benzene rings is 2. The molecule has 0 bridgehead atoms. The molecule has 4 rings (SSSR count). The third kappa shape index (κ3) is 2.88. The van der Waals surface area contributed by atoms with Crippen molar-refractivity contribution >= 4 is 22.6 Å². The number of carbonyl (C=O) groups is 1. The Morgan fingerprint density at radius 1 is 1.07 bits per heavy atom. The van der Waals surface area contributed by atoms with Crippen LogP contribution in [0.2, 0.25) is 0 Å². The molecule has 136 valence electrons. The number of rotatable bonds is 4. The third-order valence-electron chi connectivity index (χ3n) is 4.92. The predicted molar refractivity (Wildman–Crippen MR) is 108 cm³/mol. The van der Waals surface area contributed by atoms with Gasteiger partial charge in [0.2, 0.25) is 0 Å². The van der Waals surface area contributed by atoms with Crippen molar-refractivity contribution in [2.75, 3.05) is 0 Å². The summed E-state index contributed by atoms with van der Waals surface area (Å²) in [5, 5.41) is 0. The fourth-order valence-corrected chi connectivity index (χ4v) is 4.42. The Labute approximate surface area is 161 Å². The van der Waals surface area contributed by atoms with E-state index in [-0.39, 0.29) is 5.82 Å². The first-order valence-electron chi connectivity index (χ1n) is 8.86. The lowest BCUT2D eigenvalue weighted by Gasteiger charge is -2.08. The molecule has 0 saturated carbocycles. The molecule has 0 unspecified atom stereocenters. The summed E-state index contributed by atoms with van der Waals surface area (Å²) in [6.45, 7) is 6.29. The summed E-state index contributed by atoms with van der Waals surface area (Å²) in [6, 6.07) is 12.4. The molecule has 0 fully saturated rings. The van der Waals surface area contributed by atoms with Crippen LogP contribution in [0, 0.1) is 19.7 Å². The molecule has 0 N–H and O–H groups in total. The summed E-state index contributed by atoms with van der Waals surface area (Å²) in [4.78, 5) is 18.7. The average molecular weight is 378 g/mol. The standard InChI is InChI=1S/C22H19FN2OS/c1-4-19-21(16-6-5-13(2)14(3)11-16)25-18(12-26)20(24-22(25)27-19)15-7-9-17(23)10-8-15/h5-12H,4H2,1-3H3. The summed E-state index contributed by atoms with van der Waals surface area (Å²) in [6.07, 6.45) is 1.70. The van der Waals surface area contributed by atoms with E-state index in [0.717, 1.165) is 34.5 Å². The molecule has 2 aromatic heterocycles. The van der Waals surface area contributed by atoms with Crippen LogP contribution >= 0.6 is 11.3 Å². The lowest BCUT2D eigenvalue weighted by molar-refractivity contribution is 0.111. The maximum Gasteiger partial charge on any atom is 0.195 e. The van der Waals surface area contributed by atoms with Gasteiger partial charge in [-0.1, -0.05) is 19.1 Å². The van der Waals surface area contributed by atoms with E-state index in [1.54, 1.807) is 23.5 Å². The smallest absolute Gasteiger partial charge is 0.195 e. The summed E-state index contributed by atoms with van der Waals surface area (Å²) in [7, 11) is 0. The zero-order chi connectivity index (χ0) is 19.1. The number of halogens is 1. The Morgan fingerprint density at radius 3 is 2.41 bits per heavy atom. The summed E-state index contributed by atoms with van der Waals surface area (Å²) in [5.41, 5.74) is 6.36. The highest BCUT2D eigenvalue weighted by atomic mass is 32.1. The number of fused-ring (bicyclic) bond motifs is 1. The summed E-state index contributed by atoms with van der Waals surface area (Å²) < 4.78 is 15.2. The van der Waals surface area contributed by atoms with Crippen LogP contribution in [-0.2, 0) is 6.42 Å². The van der Waals surface area contributed by atoms with Crippen LogP contribution in [0.25, 0.3) is 27.5 Å². The number of aromatic nitrogens is 2. The van der Waals surface area contributed by atoms with E-state index in [4.69, 9.17) is 4.98 Å². The van der Waals surface area contributed by atoms with E-state index in [1.807, 2.05) is 4.40 Å². The number of nitrogens with zero attached hydrogens (tertiary/aromatic N) is 2. The Morgan fingerprint density at radius 2 is 1.78 bits per heavy atom. The summed E-state index contributed by atoms with van der Waals surface area (Å²) >= 11 is 1.60. The van der Waals surface area contributed by atoms with Gasteiger partial charge < -0.3 is 0 Å². The quantitative estimate of drug-likeness (QED) is 0.417. The minimum atomic E-state index is -0.309. The number of aldehydes is 1. The monoisotopic (exact) mass is 378 g/mol. The Kier molecular flexibility index (Phi) is 4.40. The lowest BCUT2D eigenvalue weighted by Crippen LogP contribution is -1.97. The van der Waals surface area contributed by atoms with Crippen LogP contribution in [-0.4, -0.2) is 15.7 Å². The largest absolute Gasteiger partial charge is 0.296 e. The van der Waals surface area contributed by atoms with Crippen LogP contribution in [0.15, 0.2) is 42.5 Å². The van der Waals surface area contributed by atoms with Gasteiger partial charge in [-0.15, -0.1) is 11.3 Å². The van der Waals surface area contributed by atoms with Gasteiger partial charge in [-0.25, -0.2) is 9.37 Å². The Hall–Kier alpha value is -2.79. The number of hydrogen-bond donors (Lipinski definition) is 0. The molecule has 0 spiro atoms. The molecule has 0 amide bonds. The first kappa shape index (κ1) is 17.6. The van der Waals surface area contributed by atoms with Crippen molar-refractivity contribution < 1.29 is 9.18 Å². The molecule has 5 heteroatoms. The van der Waals surface area contributed by atoms with Gasteiger partial charge in [-0.2, -0.15) is 0 Å². The van der Waals surface area contributed by atoms with E-state index in [9.17, 15) is 9.18 Å². The van der Waals surface area contributed by atoms with Crippen molar-refractivity contribution in [3.05, 3.63) is 70.0 Å². The highest BCUT2D eigenvalue weighted by Crippen LogP contribution is 2.37. The zero-order valence-corrected chi connectivity index (χ0v) is 16.2. The van der Waals surface area contributed by atoms with Crippen LogP contribution in [0.5, 0.6) is 0 Å². The van der Waals surface area contributed by atoms with Gasteiger partial charge in [-0.05, 0) is 67.3 Å². The molecule has 27 heavy (non-hydrogen) atoms. The third-order valence-corrected chi connectivity index (χ3v) is 6.10. The van der Waals surface area contributed by atoms with Crippen molar-refractivity contribution in [1.29, 1.82) is 0 Å². The van der Waals surface area contributed by atoms with Crippen molar-refractivity contribution in [2.45, 2.75) is 27.2 Å². The fourth-order valence-electron chi connectivity index (χ4n) is 3.33. The van der Waals surface area contributed by atoms with Gasteiger partial charge >= 0.3 is 0 Å². The topological polar surface area (TPSA) is 34.4 Å². The molecular weight excluding hydrogens is 359 g/mol. The second-order valence-electron chi connectivity index (χ2n) is 6.61. The highest BCUT2D eigenvalue weighted by molar-refractivity contribution is 7.17. The molecule has 0 radical (unpaired) electrons. The number of imidazole rings is 1. The first-order chi connectivity index (χ1) is 13.0. The molecule has 0 atom stereocenters. The van der Waals surface area contributed by atoms with Crippen molar-refractivity contribution in [3.63, 3.8) is 0 Å². The lowest BCUT2D eigenvalue weighted by atomic mass is 10.0. The van der Waals surface area contributed by atoms with Gasteiger partial charge in [0.25, 0.3) is 0 Å². The molecule has 0 saturated heterocycles. The molecule has 0 aliphatic rings. The number of carbonyl (C=O) groups excluding carboxylic acids is 1. The van der Waals surface area contributed by atoms with Crippen LogP contribution in [0.3, 0.4) is 0 Å². The minimum absolute atomic E-state index is 0.309. The van der Waals surface area contributed by atoms with Crippen molar-refractivity contribution in [3.8, 4) is 22.5 Å². The van der Waals surface area contributed by atoms with Gasteiger partial charge in [0.05, 0.1) is 5.69 Å². The van der Waals surface area contributed by atoms with Crippen molar-refractivity contribution in [1.82, 2.24) is 9.38 Å². The van der Waals surface area contributed by atoms with E-state index in [0.29, 0.717) is 11.4 Å². The summed E-state index contributed by atoms with van der Waals surface area (Å²) in [5.74, 6) is -0.309. The van der Waals surface area contributed by atoms with E-state index < -0.39 is 0 Å². The first-order valence-corrected chi connectivity index (χ1v) is 9.68. The van der Waals surface area contributed by atoms with E-state index in [1.165, 1.54) is 28.1 Å². The van der Waals surface area contributed by atoms with Crippen LogP contribution < -0.4 is 0 Å². The SMILES string of the molecule is CCc1sc2nc(-c3ccc(F)cc3)c(C=O)n2c1-c1ccc(C)c(C)c1. The molecule has 0 aliphatic heterocycles. The number of hydrogen-bond acceptors (Lipinski definition) is 3. The Bertz CT molecular complexity index is 1160. The highest BCUT2D eigenvalue weighted by Gasteiger charge is 2.22. The maximum absolute atomic E-state index is 13.3. The number of aryl methyl sites for hydroxylation is 3. The molecule has 4 aromatic rings. The number of thiazole rings is 1. The minimum Gasteiger partial charge on any atom is -0.296 e. The van der Waals surface area contributed by atoms with Crippen LogP contribution in [0.1, 0.15) is 33.4 Å². The van der Waals surface area contributed by atoms with Gasteiger partial charge in [0, 0.05) is 10.4 Å². The zero-order valence-electron chi connectivity index (χ0n) is 15.4.